The quantitative estimate of drug-likeness (QED) is 0.679. The maximum absolute atomic E-state index is 13.3. The maximum atomic E-state index is 13.3. The van der Waals surface area contributed by atoms with Crippen LogP contribution in [0.2, 0.25) is 5.02 Å². The molecule has 8 heteroatoms. The van der Waals surface area contributed by atoms with Crippen molar-refractivity contribution >= 4 is 17.6 Å². The van der Waals surface area contributed by atoms with E-state index in [-0.39, 0.29) is 6.07 Å². The highest BCUT2D eigenvalue weighted by Crippen LogP contribution is 2.39. The molecule has 1 atom stereocenters. The largest absolute Gasteiger partial charge is 0.481 e. The Balaban J connectivity index is 3.29. The first kappa shape index (κ1) is 14.7. The van der Waals surface area contributed by atoms with Gasteiger partial charge in [-0.1, -0.05) is 11.6 Å². The number of carbonyl (C=O) groups is 1. The maximum Gasteiger partial charge on any atom is 0.396 e. The molecular weight excluding hydrogens is 283 g/mol. The second kappa shape index (κ2) is 5.09. The van der Waals surface area contributed by atoms with Gasteiger partial charge in [-0.3, -0.25) is 4.79 Å². The van der Waals surface area contributed by atoms with Crippen LogP contribution in [0.4, 0.5) is 22.0 Å². The number of halogens is 6. The van der Waals surface area contributed by atoms with Gasteiger partial charge in [0.2, 0.25) is 0 Å². The van der Waals surface area contributed by atoms with E-state index in [9.17, 15) is 26.7 Å². The third-order valence-electron chi connectivity index (χ3n) is 2.19. The summed E-state index contributed by atoms with van der Waals surface area (Å²) in [5.41, 5.74) is -1.08. The van der Waals surface area contributed by atoms with Crippen LogP contribution in [0.3, 0.4) is 0 Å². The van der Waals surface area contributed by atoms with Crippen LogP contribution in [0.1, 0.15) is 17.9 Å². The normalized spacial score (nSPS) is 13.4. The van der Waals surface area contributed by atoms with Gasteiger partial charge in [0.25, 0.3) is 0 Å². The molecule has 100 valence electrons. The van der Waals surface area contributed by atoms with Gasteiger partial charge in [0.05, 0.1) is 17.4 Å². The van der Waals surface area contributed by atoms with E-state index in [0.717, 1.165) is 0 Å². The van der Waals surface area contributed by atoms with Crippen LogP contribution in [0.25, 0.3) is 0 Å². The molecule has 0 aliphatic carbocycles. The molecule has 0 saturated heterocycles. The van der Waals surface area contributed by atoms with Crippen molar-refractivity contribution in [3.8, 4) is 0 Å². The van der Waals surface area contributed by atoms with E-state index >= 15 is 0 Å². The van der Waals surface area contributed by atoms with E-state index in [2.05, 4.69) is 0 Å². The molecule has 0 aliphatic rings. The highest BCUT2D eigenvalue weighted by molar-refractivity contribution is 6.30. The Labute approximate surface area is 103 Å². The second-order valence-electron chi connectivity index (χ2n) is 3.48. The monoisotopic (exact) mass is 288 g/mol. The lowest BCUT2D eigenvalue weighted by Gasteiger charge is -2.19. The molecule has 1 rings (SSSR count). The fourth-order valence-electron chi connectivity index (χ4n) is 1.38. The minimum absolute atomic E-state index is 0.263. The molecule has 0 spiro atoms. The van der Waals surface area contributed by atoms with Gasteiger partial charge >= 0.3 is 12.1 Å². The van der Waals surface area contributed by atoms with Crippen molar-refractivity contribution in [2.45, 2.75) is 18.5 Å². The predicted molar refractivity (Wildman–Crippen MR) is 52.4 cm³/mol. The second-order valence-corrected chi connectivity index (χ2v) is 3.89. The van der Waals surface area contributed by atoms with Crippen LogP contribution in [0.5, 0.6) is 0 Å². The lowest BCUT2D eigenvalue weighted by atomic mass is 9.94. The lowest BCUT2D eigenvalue weighted by Crippen LogP contribution is -2.24. The minimum atomic E-state index is -5.00. The SMILES string of the molecule is O=C(O)CC(c1cc(F)c(Cl)cc1F)C(F)(F)F. The smallest absolute Gasteiger partial charge is 0.396 e. The molecule has 1 aromatic carbocycles. The van der Waals surface area contributed by atoms with Crippen molar-refractivity contribution in [1.82, 2.24) is 0 Å². The average Bonchev–Trinajstić information content (AvgIpc) is 2.18. The molecule has 0 aliphatic heterocycles. The molecule has 0 aromatic heterocycles. The number of carboxylic acids is 1. The molecular formula is C10H6ClF5O2. The molecule has 0 saturated carbocycles. The van der Waals surface area contributed by atoms with Crippen LogP contribution in [-0.2, 0) is 4.79 Å². The molecule has 2 nitrogen and oxygen atoms in total. The van der Waals surface area contributed by atoms with Gasteiger partial charge in [-0.15, -0.1) is 0 Å². The van der Waals surface area contributed by atoms with Crippen LogP contribution in [0.15, 0.2) is 12.1 Å². The van der Waals surface area contributed by atoms with Gasteiger partial charge in [-0.2, -0.15) is 13.2 Å². The number of hydrogen-bond donors (Lipinski definition) is 1. The summed E-state index contributed by atoms with van der Waals surface area (Å²) in [5, 5.41) is 7.71. The number of aliphatic carboxylic acids is 1. The first-order valence-electron chi connectivity index (χ1n) is 4.56. The number of hydrogen-bond acceptors (Lipinski definition) is 1. The van der Waals surface area contributed by atoms with E-state index in [0.29, 0.717) is 6.07 Å². The number of rotatable bonds is 3. The Morgan fingerprint density at radius 3 is 2.28 bits per heavy atom. The molecule has 0 fully saturated rings. The number of benzene rings is 1. The predicted octanol–water partition coefficient (Wildman–Crippen LogP) is 3.74. The Morgan fingerprint density at radius 1 is 1.28 bits per heavy atom. The van der Waals surface area contributed by atoms with Crippen LogP contribution in [0, 0.1) is 11.6 Å². The van der Waals surface area contributed by atoms with Gasteiger partial charge in [0, 0.05) is 5.56 Å². The Kier molecular flexibility index (Phi) is 4.16. The van der Waals surface area contributed by atoms with Crippen LogP contribution in [-0.4, -0.2) is 17.3 Å². The van der Waals surface area contributed by atoms with E-state index in [4.69, 9.17) is 16.7 Å². The Hall–Kier alpha value is -1.37. The average molecular weight is 289 g/mol. The topological polar surface area (TPSA) is 37.3 Å². The van der Waals surface area contributed by atoms with Crippen molar-refractivity contribution in [2.75, 3.05) is 0 Å². The van der Waals surface area contributed by atoms with Crippen LogP contribution < -0.4 is 0 Å². The molecule has 1 N–H and O–H groups in total. The van der Waals surface area contributed by atoms with E-state index < -0.39 is 46.7 Å². The third kappa shape index (κ3) is 3.32. The summed E-state index contributed by atoms with van der Waals surface area (Å²) in [4.78, 5) is 10.4. The summed E-state index contributed by atoms with van der Waals surface area (Å²) in [5.74, 6) is -7.04. The molecule has 0 bridgehead atoms. The molecule has 1 unspecified atom stereocenters. The summed E-state index contributed by atoms with van der Waals surface area (Å²) in [6.07, 6.45) is -6.39. The summed E-state index contributed by atoms with van der Waals surface area (Å²) in [6, 6.07) is 0.644. The van der Waals surface area contributed by atoms with E-state index in [1.165, 1.54) is 0 Å². The zero-order valence-corrected chi connectivity index (χ0v) is 9.32. The van der Waals surface area contributed by atoms with E-state index in [1.54, 1.807) is 0 Å². The van der Waals surface area contributed by atoms with Gasteiger partial charge in [-0.05, 0) is 12.1 Å². The zero-order chi connectivity index (χ0) is 14.1. The zero-order valence-electron chi connectivity index (χ0n) is 8.56. The van der Waals surface area contributed by atoms with Crippen LogP contribution >= 0.6 is 11.6 Å². The Bertz CT molecular complexity index is 472. The number of alkyl halides is 3. The first-order valence-corrected chi connectivity index (χ1v) is 4.93. The lowest BCUT2D eigenvalue weighted by molar-refractivity contribution is -0.163. The highest BCUT2D eigenvalue weighted by atomic mass is 35.5. The number of carboxylic acid groups (broad SMARTS) is 1. The van der Waals surface area contributed by atoms with E-state index in [1.807, 2.05) is 0 Å². The van der Waals surface area contributed by atoms with Gasteiger partial charge < -0.3 is 5.11 Å². The molecule has 0 amide bonds. The molecule has 0 heterocycles. The van der Waals surface area contributed by atoms with Crippen molar-refractivity contribution in [3.63, 3.8) is 0 Å². The van der Waals surface area contributed by atoms with Crippen molar-refractivity contribution in [3.05, 3.63) is 34.4 Å². The Morgan fingerprint density at radius 2 is 1.83 bits per heavy atom. The standard InChI is InChI=1S/C10H6ClF5O2/c11-6-3-7(12)4(1-8(6)13)5(2-9(17)18)10(14,15)16/h1,3,5H,2H2,(H,17,18). The summed E-state index contributed by atoms with van der Waals surface area (Å²) in [7, 11) is 0. The summed E-state index contributed by atoms with van der Waals surface area (Å²) < 4.78 is 64.1. The fourth-order valence-corrected chi connectivity index (χ4v) is 1.53. The van der Waals surface area contributed by atoms with Crippen molar-refractivity contribution < 1.29 is 31.9 Å². The summed E-state index contributed by atoms with van der Waals surface area (Å²) in [6.45, 7) is 0. The van der Waals surface area contributed by atoms with Gasteiger partial charge in [-0.25, -0.2) is 8.78 Å². The summed E-state index contributed by atoms with van der Waals surface area (Å²) >= 11 is 5.20. The third-order valence-corrected chi connectivity index (χ3v) is 2.48. The molecule has 0 radical (unpaired) electrons. The first-order chi connectivity index (χ1) is 8.12. The minimum Gasteiger partial charge on any atom is -0.481 e. The molecule has 1 aromatic rings. The molecule has 18 heavy (non-hydrogen) atoms. The fraction of sp³-hybridized carbons (Fsp3) is 0.300. The van der Waals surface area contributed by atoms with Crippen molar-refractivity contribution in [1.29, 1.82) is 0 Å². The van der Waals surface area contributed by atoms with Gasteiger partial charge in [0.1, 0.15) is 11.6 Å². The van der Waals surface area contributed by atoms with Crippen molar-refractivity contribution in [2.24, 2.45) is 0 Å². The van der Waals surface area contributed by atoms with Gasteiger partial charge in [0.15, 0.2) is 0 Å². The highest BCUT2D eigenvalue weighted by Gasteiger charge is 2.43.